The van der Waals surface area contributed by atoms with Crippen LogP contribution >= 0.6 is 0 Å². The number of aromatic nitrogens is 1. The van der Waals surface area contributed by atoms with E-state index in [0.717, 1.165) is 30.3 Å². The Hall–Kier alpha value is -1.87. The Kier molecular flexibility index (Phi) is 6.54. The van der Waals surface area contributed by atoms with Gasteiger partial charge < -0.3 is 10.1 Å². The van der Waals surface area contributed by atoms with Gasteiger partial charge in [-0.2, -0.15) is 0 Å². The van der Waals surface area contributed by atoms with Gasteiger partial charge in [0.2, 0.25) is 0 Å². The Bertz CT molecular complexity index is 713. The summed E-state index contributed by atoms with van der Waals surface area (Å²) in [6.07, 6.45) is 6.82. The molecular formula is C24H34N2O. The van der Waals surface area contributed by atoms with Gasteiger partial charge in [-0.05, 0) is 73.4 Å². The molecule has 0 bridgehead atoms. The molecule has 3 atom stereocenters. The summed E-state index contributed by atoms with van der Waals surface area (Å²) in [5, 5.41) is 3.85. The number of nitrogens with zero attached hydrogens (tertiary/aromatic N) is 1. The van der Waals surface area contributed by atoms with E-state index in [1.165, 1.54) is 24.8 Å². The van der Waals surface area contributed by atoms with Crippen LogP contribution in [0.25, 0.3) is 0 Å². The number of benzene rings is 1. The average Bonchev–Trinajstić information content (AvgIpc) is 2.64. The lowest BCUT2D eigenvalue weighted by molar-refractivity contribution is 0.151. The molecule has 0 radical (unpaired) electrons. The molecule has 1 aliphatic rings. The molecule has 1 aliphatic carbocycles. The van der Waals surface area contributed by atoms with Gasteiger partial charge in [-0.25, -0.2) is 0 Å². The summed E-state index contributed by atoms with van der Waals surface area (Å²) in [5.41, 5.74) is 2.85. The van der Waals surface area contributed by atoms with Crippen molar-refractivity contribution in [1.29, 1.82) is 0 Å². The summed E-state index contributed by atoms with van der Waals surface area (Å²) in [5.74, 6) is 1.99. The predicted molar refractivity (Wildman–Crippen MR) is 112 cm³/mol. The minimum atomic E-state index is 0.280. The van der Waals surface area contributed by atoms with Crippen LogP contribution in [0.2, 0.25) is 0 Å². The van der Waals surface area contributed by atoms with E-state index in [0.29, 0.717) is 11.5 Å². The molecule has 146 valence electrons. The van der Waals surface area contributed by atoms with Gasteiger partial charge in [-0.1, -0.05) is 39.0 Å². The minimum Gasteiger partial charge on any atom is -0.497 e. The molecule has 2 aromatic rings. The van der Waals surface area contributed by atoms with E-state index in [9.17, 15) is 0 Å². The first-order valence-electron chi connectivity index (χ1n) is 10.2. The molecule has 0 saturated heterocycles. The van der Waals surface area contributed by atoms with Crippen LogP contribution in [0.15, 0.2) is 48.7 Å². The van der Waals surface area contributed by atoms with Crippen LogP contribution in [-0.2, 0) is 0 Å². The topological polar surface area (TPSA) is 34.1 Å². The Morgan fingerprint density at radius 3 is 2.74 bits per heavy atom. The average molecular weight is 367 g/mol. The maximum atomic E-state index is 5.44. The first-order valence-corrected chi connectivity index (χ1v) is 10.2. The Balaban J connectivity index is 1.69. The number of hydrogen-bond acceptors (Lipinski definition) is 3. The van der Waals surface area contributed by atoms with Crippen LogP contribution in [0.5, 0.6) is 5.75 Å². The third-order valence-electron chi connectivity index (χ3n) is 5.79. The second-order valence-corrected chi connectivity index (χ2v) is 8.94. The number of ether oxygens (including phenoxy) is 1. The molecule has 3 heteroatoms. The van der Waals surface area contributed by atoms with Gasteiger partial charge in [0.15, 0.2) is 0 Å². The van der Waals surface area contributed by atoms with Crippen LogP contribution < -0.4 is 10.1 Å². The van der Waals surface area contributed by atoms with Crippen molar-refractivity contribution >= 4 is 0 Å². The van der Waals surface area contributed by atoms with Crippen molar-refractivity contribution in [2.75, 3.05) is 13.7 Å². The quantitative estimate of drug-likeness (QED) is 0.711. The molecule has 3 nitrogen and oxygen atoms in total. The van der Waals surface area contributed by atoms with Crippen LogP contribution in [0.3, 0.4) is 0 Å². The van der Waals surface area contributed by atoms with Crippen molar-refractivity contribution < 1.29 is 4.74 Å². The first-order chi connectivity index (χ1) is 13.0. The van der Waals surface area contributed by atoms with Crippen molar-refractivity contribution in [2.45, 2.75) is 58.4 Å². The van der Waals surface area contributed by atoms with Crippen molar-refractivity contribution in [1.82, 2.24) is 10.3 Å². The monoisotopic (exact) mass is 366 g/mol. The SMILES string of the molecule is COc1cccc(C(CCNC2CC(C)CC(C)(C)C2)c2ccccn2)c1. The highest BCUT2D eigenvalue weighted by atomic mass is 16.5. The molecule has 0 aliphatic heterocycles. The molecule has 3 rings (SSSR count). The molecule has 1 aromatic heterocycles. The van der Waals surface area contributed by atoms with Gasteiger partial charge in [0, 0.05) is 23.9 Å². The normalized spacial score (nSPS) is 23.0. The smallest absolute Gasteiger partial charge is 0.119 e. The first kappa shape index (κ1) is 19.9. The van der Waals surface area contributed by atoms with E-state index in [-0.39, 0.29) is 5.92 Å². The zero-order chi connectivity index (χ0) is 19.3. The van der Waals surface area contributed by atoms with Crippen molar-refractivity contribution in [3.05, 3.63) is 59.9 Å². The summed E-state index contributed by atoms with van der Waals surface area (Å²) in [7, 11) is 1.72. The summed E-state index contributed by atoms with van der Waals surface area (Å²) >= 11 is 0. The number of rotatable bonds is 7. The fourth-order valence-corrected chi connectivity index (χ4v) is 4.86. The van der Waals surface area contributed by atoms with E-state index in [4.69, 9.17) is 4.74 Å². The molecule has 0 spiro atoms. The van der Waals surface area contributed by atoms with Gasteiger partial charge in [0.1, 0.15) is 5.75 Å². The third-order valence-corrected chi connectivity index (χ3v) is 5.79. The molecule has 1 heterocycles. The van der Waals surface area contributed by atoms with Crippen LogP contribution in [0.1, 0.15) is 63.6 Å². The van der Waals surface area contributed by atoms with Gasteiger partial charge in [-0.3, -0.25) is 4.98 Å². The predicted octanol–water partition coefficient (Wildman–Crippen LogP) is 5.42. The van der Waals surface area contributed by atoms with Gasteiger partial charge in [0.05, 0.1) is 7.11 Å². The van der Waals surface area contributed by atoms with E-state index in [2.05, 4.69) is 61.4 Å². The maximum absolute atomic E-state index is 5.44. The van der Waals surface area contributed by atoms with Crippen molar-refractivity contribution in [3.63, 3.8) is 0 Å². The van der Waals surface area contributed by atoms with Crippen LogP contribution in [0, 0.1) is 11.3 Å². The summed E-state index contributed by atoms with van der Waals surface area (Å²) in [6, 6.07) is 15.2. The Morgan fingerprint density at radius 2 is 2.04 bits per heavy atom. The lowest BCUT2D eigenvalue weighted by atomic mass is 9.70. The maximum Gasteiger partial charge on any atom is 0.119 e. The largest absolute Gasteiger partial charge is 0.497 e. The number of hydrogen-bond donors (Lipinski definition) is 1. The molecule has 1 N–H and O–H groups in total. The highest BCUT2D eigenvalue weighted by Crippen LogP contribution is 2.38. The fraction of sp³-hybridized carbons (Fsp3) is 0.542. The molecule has 0 amide bonds. The number of nitrogens with one attached hydrogen (secondary N) is 1. The second kappa shape index (κ2) is 8.88. The van der Waals surface area contributed by atoms with E-state index < -0.39 is 0 Å². The molecule has 27 heavy (non-hydrogen) atoms. The molecule has 1 fully saturated rings. The van der Waals surface area contributed by atoms with E-state index in [1.807, 2.05) is 18.3 Å². The summed E-state index contributed by atoms with van der Waals surface area (Å²) < 4.78 is 5.44. The molecule has 1 aromatic carbocycles. The van der Waals surface area contributed by atoms with Gasteiger partial charge in [0.25, 0.3) is 0 Å². The lowest BCUT2D eigenvalue weighted by Gasteiger charge is -2.39. The summed E-state index contributed by atoms with van der Waals surface area (Å²) in [6.45, 7) is 8.21. The van der Waals surface area contributed by atoms with E-state index in [1.54, 1.807) is 7.11 Å². The molecular weight excluding hydrogens is 332 g/mol. The standard InChI is InChI=1S/C24H34N2O/c1-18-14-20(17-24(2,3)16-18)25-13-11-22(23-10-5-6-12-26-23)19-8-7-9-21(15-19)27-4/h5-10,12,15,18,20,22,25H,11,13-14,16-17H2,1-4H3. The van der Waals surface area contributed by atoms with Crippen LogP contribution in [-0.4, -0.2) is 24.7 Å². The summed E-state index contributed by atoms with van der Waals surface area (Å²) in [4.78, 5) is 4.64. The number of methoxy groups -OCH3 is 1. The Morgan fingerprint density at radius 1 is 1.19 bits per heavy atom. The second-order valence-electron chi connectivity index (χ2n) is 8.94. The van der Waals surface area contributed by atoms with Crippen molar-refractivity contribution in [3.8, 4) is 5.75 Å². The zero-order valence-electron chi connectivity index (χ0n) is 17.2. The minimum absolute atomic E-state index is 0.280. The highest BCUT2D eigenvalue weighted by Gasteiger charge is 2.31. The van der Waals surface area contributed by atoms with Gasteiger partial charge >= 0.3 is 0 Å². The van der Waals surface area contributed by atoms with Crippen molar-refractivity contribution in [2.24, 2.45) is 11.3 Å². The number of pyridine rings is 1. The fourth-order valence-electron chi connectivity index (χ4n) is 4.86. The molecule has 1 saturated carbocycles. The van der Waals surface area contributed by atoms with Crippen LogP contribution in [0.4, 0.5) is 0 Å². The lowest BCUT2D eigenvalue weighted by Crippen LogP contribution is -2.40. The molecule has 3 unspecified atom stereocenters. The zero-order valence-corrected chi connectivity index (χ0v) is 17.2. The third kappa shape index (κ3) is 5.55. The van der Waals surface area contributed by atoms with Gasteiger partial charge in [-0.15, -0.1) is 0 Å². The van der Waals surface area contributed by atoms with E-state index >= 15 is 0 Å². The highest BCUT2D eigenvalue weighted by molar-refractivity contribution is 5.35. The Labute approximate surface area is 164 Å².